The Morgan fingerprint density at radius 1 is 1.11 bits per heavy atom. The van der Waals surface area contributed by atoms with E-state index < -0.39 is 0 Å². The first-order valence-corrected chi connectivity index (χ1v) is 9.98. The van der Waals surface area contributed by atoms with E-state index in [0.717, 1.165) is 48.0 Å². The average Bonchev–Trinajstić information content (AvgIpc) is 3.28. The van der Waals surface area contributed by atoms with Crippen LogP contribution in [0.4, 0.5) is 5.82 Å². The summed E-state index contributed by atoms with van der Waals surface area (Å²) in [5.74, 6) is 1.03. The number of nitrogens with zero attached hydrogens (tertiary/aromatic N) is 4. The minimum Gasteiger partial charge on any atom is -0.355 e. The van der Waals surface area contributed by atoms with Crippen molar-refractivity contribution in [2.75, 3.05) is 18.0 Å². The van der Waals surface area contributed by atoms with E-state index in [1.165, 1.54) is 0 Å². The van der Waals surface area contributed by atoms with Crippen LogP contribution in [0.5, 0.6) is 0 Å². The molecular weight excluding hydrogens is 358 g/mol. The van der Waals surface area contributed by atoms with Crippen LogP contribution in [0.1, 0.15) is 18.5 Å². The third kappa shape index (κ3) is 4.31. The Morgan fingerprint density at radius 2 is 2.00 bits per heavy atom. The number of pyridine rings is 1. The molecule has 4 rings (SSSR count). The van der Waals surface area contributed by atoms with Crippen molar-refractivity contribution in [3.63, 3.8) is 0 Å². The highest BCUT2D eigenvalue weighted by Crippen LogP contribution is 2.25. The zero-order chi connectivity index (χ0) is 18.5. The van der Waals surface area contributed by atoms with E-state index in [1.807, 2.05) is 47.8 Å². The first-order valence-electron chi connectivity index (χ1n) is 9.10. The number of anilines is 1. The molecule has 0 radical (unpaired) electrons. The summed E-state index contributed by atoms with van der Waals surface area (Å²) in [6, 6.07) is 13.8. The van der Waals surface area contributed by atoms with E-state index in [0.29, 0.717) is 6.54 Å². The van der Waals surface area contributed by atoms with Crippen molar-refractivity contribution in [3.05, 3.63) is 59.7 Å². The zero-order valence-corrected chi connectivity index (χ0v) is 15.7. The Morgan fingerprint density at radius 3 is 2.67 bits per heavy atom. The molecule has 3 aromatic heterocycles. The first kappa shape index (κ1) is 17.6. The smallest absolute Gasteiger partial charge is 0.223 e. The van der Waals surface area contributed by atoms with Crippen LogP contribution in [0.2, 0.25) is 0 Å². The van der Waals surface area contributed by atoms with Crippen LogP contribution >= 0.6 is 11.3 Å². The number of hydrogen-bond donors (Lipinski definition) is 1. The Labute approximate surface area is 162 Å². The largest absolute Gasteiger partial charge is 0.355 e. The van der Waals surface area contributed by atoms with Gasteiger partial charge in [0.1, 0.15) is 5.69 Å². The molecule has 4 heterocycles. The number of amides is 1. The van der Waals surface area contributed by atoms with Gasteiger partial charge in [-0.3, -0.25) is 9.78 Å². The van der Waals surface area contributed by atoms with Crippen molar-refractivity contribution in [2.24, 2.45) is 5.92 Å². The fourth-order valence-electron chi connectivity index (χ4n) is 3.25. The molecular formula is C20H21N5OS. The second-order valence-electron chi connectivity index (χ2n) is 6.55. The van der Waals surface area contributed by atoms with Crippen LogP contribution in [0.15, 0.2) is 54.0 Å². The summed E-state index contributed by atoms with van der Waals surface area (Å²) < 4.78 is 0. The summed E-state index contributed by atoms with van der Waals surface area (Å²) in [4.78, 5) is 20.0. The third-order valence-electron chi connectivity index (χ3n) is 4.78. The molecule has 3 aromatic rings. The molecule has 1 aliphatic rings. The lowest BCUT2D eigenvalue weighted by Crippen LogP contribution is -2.40. The molecule has 1 saturated heterocycles. The number of thiophene rings is 1. The molecule has 1 amide bonds. The monoisotopic (exact) mass is 379 g/mol. The highest BCUT2D eigenvalue weighted by molar-refractivity contribution is 7.13. The molecule has 0 aromatic carbocycles. The van der Waals surface area contributed by atoms with Gasteiger partial charge in [-0.1, -0.05) is 12.1 Å². The number of hydrogen-bond acceptors (Lipinski definition) is 6. The van der Waals surface area contributed by atoms with Gasteiger partial charge >= 0.3 is 0 Å². The van der Waals surface area contributed by atoms with Gasteiger partial charge < -0.3 is 10.2 Å². The Hall–Kier alpha value is -2.80. The molecule has 6 nitrogen and oxygen atoms in total. The quantitative estimate of drug-likeness (QED) is 0.737. The molecule has 138 valence electrons. The van der Waals surface area contributed by atoms with Gasteiger partial charge in [0.2, 0.25) is 5.91 Å². The second-order valence-corrected chi connectivity index (χ2v) is 7.50. The third-order valence-corrected chi connectivity index (χ3v) is 5.68. The fourth-order valence-corrected chi connectivity index (χ4v) is 3.94. The maximum absolute atomic E-state index is 12.4. The van der Waals surface area contributed by atoms with E-state index in [1.54, 1.807) is 17.5 Å². The van der Waals surface area contributed by atoms with E-state index in [9.17, 15) is 4.79 Å². The van der Waals surface area contributed by atoms with E-state index >= 15 is 0 Å². The lowest BCUT2D eigenvalue weighted by Gasteiger charge is -2.31. The lowest BCUT2D eigenvalue weighted by molar-refractivity contribution is -0.125. The molecule has 1 fully saturated rings. The Bertz CT molecular complexity index is 859. The molecule has 1 N–H and O–H groups in total. The molecule has 0 spiro atoms. The van der Waals surface area contributed by atoms with Crippen molar-refractivity contribution in [1.82, 2.24) is 20.5 Å². The molecule has 1 aliphatic heterocycles. The summed E-state index contributed by atoms with van der Waals surface area (Å²) in [6.45, 7) is 2.11. The zero-order valence-electron chi connectivity index (χ0n) is 14.9. The highest BCUT2D eigenvalue weighted by Gasteiger charge is 2.25. The van der Waals surface area contributed by atoms with E-state index in [2.05, 4.69) is 25.4 Å². The minimum absolute atomic E-state index is 0.0447. The molecule has 0 aliphatic carbocycles. The topological polar surface area (TPSA) is 71.0 Å². The number of rotatable bonds is 5. The van der Waals surface area contributed by atoms with Crippen molar-refractivity contribution < 1.29 is 4.79 Å². The molecule has 7 heteroatoms. The van der Waals surface area contributed by atoms with Crippen LogP contribution < -0.4 is 10.2 Å². The van der Waals surface area contributed by atoms with Gasteiger partial charge in [0, 0.05) is 25.2 Å². The van der Waals surface area contributed by atoms with Crippen LogP contribution in [0, 0.1) is 5.92 Å². The predicted octanol–water partition coefficient (Wildman–Crippen LogP) is 3.13. The summed E-state index contributed by atoms with van der Waals surface area (Å²) in [5, 5.41) is 13.8. The van der Waals surface area contributed by atoms with Crippen LogP contribution in [0.3, 0.4) is 0 Å². The van der Waals surface area contributed by atoms with Crippen molar-refractivity contribution in [3.8, 4) is 10.6 Å². The number of carbonyl (C=O) groups is 1. The number of nitrogens with one attached hydrogen (secondary N) is 1. The minimum atomic E-state index is 0.0447. The summed E-state index contributed by atoms with van der Waals surface area (Å²) in [6.07, 6.45) is 3.38. The average molecular weight is 379 g/mol. The molecule has 0 unspecified atom stereocenters. The van der Waals surface area contributed by atoms with Crippen molar-refractivity contribution >= 4 is 23.1 Å². The molecule has 0 saturated carbocycles. The van der Waals surface area contributed by atoms with Gasteiger partial charge in [0.05, 0.1) is 17.1 Å². The van der Waals surface area contributed by atoms with Gasteiger partial charge in [0.15, 0.2) is 5.82 Å². The van der Waals surface area contributed by atoms with Gasteiger partial charge in [0.25, 0.3) is 0 Å². The second kappa shape index (κ2) is 8.26. The Kier molecular flexibility index (Phi) is 5.39. The number of carbonyl (C=O) groups excluding carboxylic acids is 1. The number of aromatic nitrogens is 3. The standard InChI is InChI=1S/C20H21N5OS/c26-20(22-14-16-4-1-2-10-21-16)15-8-11-25(12-9-15)19-7-6-17(23-24-19)18-5-3-13-27-18/h1-7,10,13,15H,8-9,11-12,14H2,(H,22,26). The van der Waals surface area contributed by atoms with Crippen LogP contribution in [0.25, 0.3) is 10.6 Å². The normalized spacial score (nSPS) is 14.9. The fraction of sp³-hybridized carbons (Fsp3) is 0.300. The molecule has 0 bridgehead atoms. The summed E-state index contributed by atoms with van der Waals surface area (Å²) in [7, 11) is 0. The lowest BCUT2D eigenvalue weighted by atomic mass is 9.96. The van der Waals surface area contributed by atoms with E-state index in [-0.39, 0.29) is 11.8 Å². The first-order chi connectivity index (χ1) is 13.3. The van der Waals surface area contributed by atoms with Crippen molar-refractivity contribution in [1.29, 1.82) is 0 Å². The maximum atomic E-state index is 12.4. The summed E-state index contributed by atoms with van der Waals surface area (Å²) in [5.41, 5.74) is 1.78. The van der Waals surface area contributed by atoms with Crippen LogP contribution in [-0.2, 0) is 11.3 Å². The van der Waals surface area contributed by atoms with Gasteiger partial charge in [-0.2, -0.15) is 0 Å². The highest BCUT2D eigenvalue weighted by atomic mass is 32.1. The Balaban J connectivity index is 1.29. The SMILES string of the molecule is O=C(NCc1ccccn1)C1CCN(c2ccc(-c3cccs3)nn2)CC1. The maximum Gasteiger partial charge on any atom is 0.223 e. The van der Waals surface area contributed by atoms with E-state index in [4.69, 9.17) is 0 Å². The van der Waals surface area contributed by atoms with Crippen LogP contribution in [-0.4, -0.2) is 34.2 Å². The summed E-state index contributed by atoms with van der Waals surface area (Å²) >= 11 is 1.66. The van der Waals surface area contributed by atoms with Gasteiger partial charge in [-0.05, 0) is 48.6 Å². The van der Waals surface area contributed by atoms with Gasteiger partial charge in [-0.25, -0.2) is 0 Å². The van der Waals surface area contributed by atoms with Gasteiger partial charge in [-0.15, -0.1) is 21.5 Å². The molecule has 0 atom stereocenters. The van der Waals surface area contributed by atoms with Crippen molar-refractivity contribution in [2.45, 2.75) is 19.4 Å². The number of piperidine rings is 1. The predicted molar refractivity (Wildman–Crippen MR) is 106 cm³/mol. The molecule has 27 heavy (non-hydrogen) atoms.